The average Bonchev–Trinajstić information content (AvgIpc) is 3.06. The lowest BCUT2D eigenvalue weighted by Gasteiger charge is -2.17. The van der Waals surface area contributed by atoms with E-state index in [-0.39, 0.29) is 0 Å². The molecular formula is C31H28NOP. The molecule has 0 radical (unpaired) electrons. The first-order chi connectivity index (χ1) is 16.8. The van der Waals surface area contributed by atoms with E-state index >= 15 is 0 Å². The molecule has 0 saturated carbocycles. The second-order valence-electron chi connectivity index (χ2n) is 9.03. The topological polar surface area (TPSA) is 22.1 Å². The molecule has 0 amide bonds. The number of fused-ring (bicyclic) bond motifs is 7. The molecule has 34 heavy (non-hydrogen) atoms. The number of rotatable bonds is 5. The third kappa shape index (κ3) is 3.87. The zero-order valence-electron chi connectivity index (χ0n) is 19.5. The summed E-state index contributed by atoms with van der Waals surface area (Å²) in [5.41, 5.74) is 6.86. The van der Waals surface area contributed by atoms with Gasteiger partial charge in [-0.15, -0.1) is 0 Å². The average molecular weight is 462 g/mol. The first-order valence-electron chi connectivity index (χ1n) is 12.2. The zero-order chi connectivity index (χ0) is 22.9. The number of nitrogens with zero attached hydrogens (tertiary/aromatic N) is 1. The summed E-state index contributed by atoms with van der Waals surface area (Å²) in [4.78, 5) is 4.99. The molecule has 0 atom stereocenters. The summed E-state index contributed by atoms with van der Waals surface area (Å²) in [6.45, 7) is 2.92. The van der Waals surface area contributed by atoms with E-state index in [1.807, 2.05) is 6.07 Å². The molecule has 1 aliphatic rings. The minimum Gasteiger partial charge on any atom is -0.478 e. The molecular weight excluding hydrogens is 433 g/mol. The van der Waals surface area contributed by atoms with Crippen molar-refractivity contribution >= 4 is 34.9 Å². The van der Waals surface area contributed by atoms with E-state index in [1.54, 1.807) is 0 Å². The molecule has 5 aromatic rings. The van der Waals surface area contributed by atoms with Gasteiger partial charge in [-0.05, 0) is 76.5 Å². The van der Waals surface area contributed by atoms with Crippen molar-refractivity contribution in [1.29, 1.82) is 0 Å². The summed E-state index contributed by atoms with van der Waals surface area (Å²) in [5, 5.41) is 5.30. The largest absolute Gasteiger partial charge is 0.478 e. The number of aromatic nitrogens is 1. The lowest BCUT2D eigenvalue weighted by molar-refractivity contribution is 0.298. The van der Waals surface area contributed by atoms with Crippen LogP contribution in [0.1, 0.15) is 30.9 Å². The standard InChI is InChI=1S/C31H28NOP/c1-2-3-19-33-28-13-8-14-29(32-28)34-20-24-17-15-22-9-4-6-11-26(22)30(24)31-25(21-34)18-16-23-10-5-7-12-27(23)31/h4-18H,2-3,19-21H2,1H3. The molecule has 0 N–H and O–H groups in total. The SMILES string of the molecule is CCCCOc1cccc(P2Cc3ccc4ccccc4c3-c3c(ccc4ccccc34)C2)n1. The van der Waals surface area contributed by atoms with Crippen LogP contribution < -0.4 is 10.2 Å². The summed E-state index contributed by atoms with van der Waals surface area (Å²) in [6, 6.07) is 33.2. The predicted octanol–water partition coefficient (Wildman–Crippen LogP) is 8.05. The van der Waals surface area contributed by atoms with Gasteiger partial charge >= 0.3 is 0 Å². The zero-order valence-corrected chi connectivity index (χ0v) is 20.4. The van der Waals surface area contributed by atoms with Crippen LogP contribution in [0.2, 0.25) is 0 Å². The van der Waals surface area contributed by atoms with E-state index in [9.17, 15) is 0 Å². The van der Waals surface area contributed by atoms with Crippen molar-refractivity contribution < 1.29 is 4.74 Å². The highest BCUT2D eigenvalue weighted by molar-refractivity contribution is 7.63. The van der Waals surface area contributed by atoms with Gasteiger partial charge in [-0.3, -0.25) is 0 Å². The van der Waals surface area contributed by atoms with Crippen LogP contribution in [-0.2, 0) is 12.3 Å². The Morgan fingerprint density at radius 2 is 1.32 bits per heavy atom. The van der Waals surface area contributed by atoms with Crippen molar-refractivity contribution in [2.24, 2.45) is 0 Å². The summed E-state index contributed by atoms with van der Waals surface area (Å²) in [6.07, 6.45) is 4.25. The van der Waals surface area contributed by atoms with Gasteiger partial charge in [0.15, 0.2) is 0 Å². The Morgan fingerprint density at radius 3 is 1.94 bits per heavy atom. The Balaban J connectivity index is 1.53. The number of pyridine rings is 1. The molecule has 6 rings (SSSR count). The molecule has 168 valence electrons. The molecule has 0 fully saturated rings. The van der Waals surface area contributed by atoms with E-state index in [2.05, 4.69) is 91.9 Å². The van der Waals surface area contributed by atoms with Crippen LogP contribution in [0.4, 0.5) is 0 Å². The molecule has 0 aliphatic carbocycles. The van der Waals surface area contributed by atoms with E-state index in [1.165, 1.54) is 49.2 Å². The van der Waals surface area contributed by atoms with Gasteiger partial charge in [0, 0.05) is 6.07 Å². The van der Waals surface area contributed by atoms with Crippen molar-refractivity contribution in [2.75, 3.05) is 6.61 Å². The Morgan fingerprint density at radius 1 is 0.706 bits per heavy atom. The van der Waals surface area contributed by atoms with Crippen molar-refractivity contribution in [3.05, 3.63) is 102 Å². The van der Waals surface area contributed by atoms with Gasteiger partial charge in [0.1, 0.15) is 0 Å². The lowest BCUT2D eigenvalue weighted by Crippen LogP contribution is -2.11. The molecule has 1 aliphatic heterocycles. The maximum atomic E-state index is 5.96. The quantitative estimate of drug-likeness (QED) is 0.195. The number of benzene rings is 4. The molecule has 3 heteroatoms. The summed E-state index contributed by atoms with van der Waals surface area (Å²) < 4.78 is 5.96. The van der Waals surface area contributed by atoms with E-state index in [0.717, 1.165) is 37.7 Å². The normalized spacial score (nSPS) is 13.4. The molecule has 2 heterocycles. The number of hydrogen-bond donors (Lipinski definition) is 0. The van der Waals surface area contributed by atoms with Crippen molar-refractivity contribution in [3.63, 3.8) is 0 Å². The van der Waals surface area contributed by atoms with E-state index in [0.29, 0.717) is 0 Å². The van der Waals surface area contributed by atoms with Gasteiger partial charge < -0.3 is 4.74 Å². The maximum absolute atomic E-state index is 5.96. The second kappa shape index (κ2) is 9.20. The van der Waals surface area contributed by atoms with E-state index in [4.69, 9.17) is 9.72 Å². The predicted molar refractivity (Wildman–Crippen MR) is 145 cm³/mol. The monoisotopic (exact) mass is 461 g/mol. The van der Waals surface area contributed by atoms with Crippen LogP contribution in [0.15, 0.2) is 91.0 Å². The van der Waals surface area contributed by atoms with Crippen molar-refractivity contribution in [2.45, 2.75) is 32.1 Å². The van der Waals surface area contributed by atoms with Crippen molar-refractivity contribution in [1.82, 2.24) is 4.98 Å². The van der Waals surface area contributed by atoms with Crippen LogP contribution in [-0.4, -0.2) is 11.6 Å². The fourth-order valence-corrected chi connectivity index (χ4v) is 7.42. The molecule has 0 saturated heterocycles. The van der Waals surface area contributed by atoms with Crippen LogP contribution in [0.5, 0.6) is 5.88 Å². The molecule has 0 bridgehead atoms. The first-order valence-corrected chi connectivity index (χ1v) is 13.9. The summed E-state index contributed by atoms with van der Waals surface area (Å²) in [5.74, 6) is 0.759. The fraction of sp³-hybridized carbons (Fsp3) is 0.194. The number of hydrogen-bond acceptors (Lipinski definition) is 2. The molecule has 1 aromatic heterocycles. The number of ether oxygens (including phenoxy) is 1. The summed E-state index contributed by atoms with van der Waals surface area (Å²) in [7, 11) is -0.503. The Labute approximate surface area is 202 Å². The van der Waals surface area contributed by atoms with Crippen LogP contribution >= 0.6 is 7.92 Å². The van der Waals surface area contributed by atoms with Crippen LogP contribution in [0.25, 0.3) is 32.7 Å². The molecule has 2 nitrogen and oxygen atoms in total. The highest BCUT2D eigenvalue weighted by Crippen LogP contribution is 2.52. The highest BCUT2D eigenvalue weighted by atomic mass is 31.1. The Hall–Kier alpha value is -3.22. The maximum Gasteiger partial charge on any atom is 0.213 e. The van der Waals surface area contributed by atoms with Gasteiger partial charge in [-0.25, -0.2) is 4.98 Å². The first kappa shape index (κ1) is 21.3. The highest BCUT2D eigenvalue weighted by Gasteiger charge is 2.26. The Kier molecular flexibility index (Phi) is 5.77. The fourth-order valence-electron chi connectivity index (χ4n) is 5.10. The van der Waals surface area contributed by atoms with Gasteiger partial charge in [-0.1, -0.05) is 92.2 Å². The van der Waals surface area contributed by atoms with E-state index < -0.39 is 7.92 Å². The van der Waals surface area contributed by atoms with Crippen molar-refractivity contribution in [3.8, 4) is 17.0 Å². The molecule has 0 unspecified atom stereocenters. The summed E-state index contributed by atoms with van der Waals surface area (Å²) >= 11 is 0. The molecule has 4 aromatic carbocycles. The third-order valence-corrected chi connectivity index (χ3v) is 9.13. The smallest absolute Gasteiger partial charge is 0.213 e. The number of unbranched alkanes of at least 4 members (excludes halogenated alkanes) is 1. The van der Waals surface area contributed by atoms with Gasteiger partial charge in [0.25, 0.3) is 0 Å². The third-order valence-electron chi connectivity index (χ3n) is 6.78. The minimum absolute atomic E-state index is 0.503. The molecule has 0 spiro atoms. The minimum atomic E-state index is -0.503. The second-order valence-corrected chi connectivity index (χ2v) is 11.2. The van der Waals surface area contributed by atoms with Gasteiger partial charge in [-0.2, -0.15) is 0 Å². The van der Waals surface area contributed by atoms with Gasteiger partial charge in [0.05, 0.1) is 12.0 Å². The lowest BCUT2D eigenvalue weighted by atomic mass is 9.88. The van der Waals surface area contributed by atoms with Crippen LogP contribution in [0, 0.1) is 0 Å². The Bertz CT molecular complexity index is 1400. The van der Waals surface area contributed by atoms with Gasteiger partial charge in [0.2, 0.25) is 5.88 Å². The van der Waals surface area contributed by atoms with Crippen LogP contribution in [0.3, 0.4) is 0 Å².